The van der Waals surface area contributed by atoms with Gasteiger partial charge in [-0.15, -0.1) is 0 Å². The number of rotatable bonds is 4. The van der Waals surface area contributed by atoms with Crippen LogP contribution in [0.5, 0.6) is 0 Å². The molecule has 0 aliphatic heterocycles. The highest BCUT2D eigenvalue weighted by molar-refractivity contribution is 9.10. The number of hydrogen-bond acceptors (Lipinski definition) is 3. The van der Waals surface area contributed by atoms with Crippen molar-refractivity contribution in [2.75, 3.05) is 23.9 Å². The Labute approximate surface area is 89.5 Å². The minimum Gasteiger partial charge on any atom is -0.367 e. The Morgan fingerprint density at radius 2 is 2.46 bits per heavy atom. The molecule has 13 heavy (non-hydrogen) atoms. The van der Waals surface area contributed by atoms with Crippen LogP contribution in [0.2, 0.25) is 0 Å². The number of nitrogens with zero attached hydrogens (tertiary/aromatic N) is 1. The number of halogens is 2. The van der Waals surface area contributed by atoms with Crippen molar-refractivity contribution < 1.29 is 4.39 Å². The van der Waals surface area contributed by atoms with E-state index >= 15 is 0 Å². The van der Waals surface area contributed by atoms with E-state index in [2.05, 4.69) is 26.2 Å². The first-order valence-corrected chi connectivity index (χ1v) is 5.96. The van der Waals surface area contributed by atoms with Crippen molar-refractivity contribution in [3.8, 4) is 0 Å². The van der Waals surface area contributed by atoms with E-state index in [-0.39, 0.29) is 5.82 Å². The fraction of sp³-hybridized carbons (Fsp3) is 0.375. The first kappa shape index (κ1) is 10.8. The van der Waals surface area contributed by atoms with Crippen LogP contribution >= 0.6 is 27.7 Å². The molecule has 0 radical (unpaired) electrons. The van der Waals surface area contributed by atoms with Crippen LogP contribution < -0.4 is 5.32 Å². The number of anilines is 1. The lowest BCUT2D eigenvalue weighted by atomic mass is 10.4. The Hall–Kier alpha value is -0.290. The third-order valence-electron chi connectivity index (χ3n) is 1.41. The Balaban J connectivity index is 2.56. The van der Waals surface area contributed by atoms with E-state index in [1.807, 2.05) is 6.26 Å². The average Bonchev–Trinajstić information content (AvgIpc) is 2.09. The highest BCUT2D eigenvalue weighted by atomic mass is 79.9. The van der Waals surface area contributed by atoms with Gasteiger partial charge in [-0.3, -0.25) is 0 Å². The summed E-state index contributed by atoms with van der Waals surface area (Å²) < 4.78 is 13.8. The zero-order valence-corrected chi connectivity index (χ0v) is 9.58. The summed E-state index contributed by atoms with van der Waals surface area (Å²) in [6.07, 6.45) is 3.58. The van der Waals surface area contributed by atoms with Crippen molar-refractivity contribution in [3.63, 3.8) is 0 Å². The maximum Gasteiger partial charge on any atom is 0.166 e. The third-order valence-corrected chi connectivity index (χ3v) is 2.45. The van der Waals surface area contributed by atoms with Crippen LogP contribution in [0.1, 0.15) is 0 Å². The largest absolute Gasteiger partial charge is 0.367 e. The van der Waals surface area contributed by atoms with Gasteiger partial charge in [0.1, 0.15) is 0 Å². The van der Waals surface area contributed by atoms with Gasteiger partial charge in [0, 0.05) is 23.0 Å². The van der Waals surface area contributed by atoms with Gasteiger partial charge in [-0.1, -0.05) is 0 Å². The molecule has 0 amide bonds. The van der Waals surface area contributed by atoms with Crippen LogP contribution in [0.4, 0.5) is 10.2 Å². The molecule has 0 saturated heterocycles. The Morgan fingerprint density at radius 1 is 1.69 bits per heavy atom. The smallest absolute Gasteiger partial charge is 0.166 e. The van der Waals surface area contributed by atoms with E-state index in [0.29, 0.717) is 10.3 Å². The van der Waals surface area contributed by atoms with Crippen molar-refractivity contribution in [2.24, 2.45) is 0 Å². The number of aromatic nitrogens is 1. The summed E-state index contributed by atoms with van der Waals surface area (Å²) in [5.41, 5.74) is 0. The lowest BCUT2D eigenvalue weighted by Crippen LogP contribution is -2.07. The molecule has 1 aromatic rings. The second-order valence-corrected chi connectivity index (χ2v) is 4.30. The van der Waals surface area contributed by atoms with E-state index < -0.39 is 0 Å². The Bertz CT molecular complexity index is 283. The van der Waals surface area contributed by atoms with Gasteiger partial charge in [0.2, 0.25) is 0 Å². The lowest BCUT2D eigenvalue weighted by molar-refractivity contribution is 0.624. The molecule has 1 heterocycles. The molecule has 2 nitrogen and oxygen atoms in total. The molecule has 0 saturated carbocycles. The molecule has 0 fully saturated rings. The van der Waals surface area contributed by atoms with Crippen molar-refractivity contribution in [1.82, 2.24) is 4.98 Å². The molecule has 0 aliphatic rings. The number of hydrogen-bond donors (Lipinski definition) is 1. The van der Waals surface area contributed by atoms with Crippen molar-refractivity contribution >= 4 is 33.5 Å². The first-order valence-electron chi connectivity index (χ1n) is 3.78. The fourth-order valence-corrected chi connectivity index (χ4v) is 1.43. The summed E-state index contributed by atoms with van der Waals surface area (Å²) in [4.78, 5) is 3.91. The van der Waals surface area contributed by atoms with Crippen molar-refractivity contribution in [1.29, 1.82) is 0 Å². The molecular weight excluding hydrogens is 255 g/mol. The summed E-state index contributed by atoms with van der Waals surface area (Å²) in [5, 5.41) is 2.91. The van der Waals surface area contributed by atoms with Crippen LogP contribution in [0.25, 0.3) is 0 Å². The molecule has 1 rings (SSSR count). The second kappa shape index (κ2) is 5.44. The standard InChI is InChI=1S/C8H10BrFN2S/c1-13-3-2-11-8-7(10)4-6(9)5-12-8/h4-5H,2-3H2,1H3,(H,11,12). The van der Waals surface area contributed by atoms with E-state index in [0.717, 1.165) is 12.3 Å². The Kier molecular flexibility index (Phi) is 4.52. The predicted molar refractivity (Wildman–Crippen MR) is 58.8 cm³/mol. The Morgan fingerprint density at radius 3 is 3.08 bits per heavy atom. The number of thioether (sulfide) groups is 1. The van der Waals surface area contributed by atoms with Crippen molar-refractivity contribution in [3.05, 3.63) is 22.6 Å². The molecular formula is C8H10BrFN2S. The van der Waals surface area contributed by atoms with Crippen LogP contribution in [-0.2, 0) is 0 Å². The van der Waals surface area contributed by atoms with Crippen molar-refractivity contribution in [2.45, 2.75) is 0 Å². The van der Waals surface area contributed by atoms with Gasteiger partial charge in [0.25, 0.3) is 0 Å². The van der Waals surface area contributed by atoms with Gasteiger partial charge < -0.3 is 5.32 Å². The molecule has 0 unspecified atom stereocenters. The van der Waals surface area contributed by atoms with Crippen LogP contribution in [0.3, 0.4) is 0 Å². The van der Waals surface area contributed by atoms with Gasteiger partial charge in [0.05, 0.1) is 0 Å². The molecule has 0 aromatic carbocycles. The molecule has 1 N–H and O–H groups in total. The van der Waals surface area contributed by atoms with E-state index in [1.54, 1.807) is 18.0 Å². The summed E-state index contributed by atoms with van der Waals surface area (Å²) in [6.45, 7) is 0.729. The third kappa shape index (κ3) is 3.52. The molecule has 0 spiro atoms. The second-order valence-electron chi connectivity index (χ2n) is 2.40. The SMILES string of the molecule is CSCCNc1ncc(Br)cc1F. The van der Waals surface area contributed by atoms with Gasteiger partial charge in [-0.25, -0.2) is 9.37 Å². The molecule has 0 bridgehead atoms. The van der Waals surface area contributed by atoms with Gasteiger partial charge in [0.15, 0.2) is 11.6 Å². The molecule has 1 aromatic heterocycles. The molecule has 0 aliphatic carbocycles. The van der Waals surface area contributed by atoms with Crippen LogP contribution in [0.15, 0.2) is 16.7 Å². The number of pyridine rings is 1. The lowest BCUT2D eigenvalue weighted by Gasteiger charge is -2.04. The van der Waals surface area contributed by atoms with Gasteiger partial charge in [-0.05, 0) is 28.3 Å². The van der Waals surface area contributed by atoms with Crippen LogP contribution in [0, 0.1) is 5.82 Å². The summed E-state index contributed by atoms with van der Waals surface area (Å²) in [5.74, 6) is 0.935. The van der Waals surface area contributed by atoms with E-state index in [4.69, 9.17) is 0 Å². The van der Waals surface area contributed by atoms with E-state index in [9.17, 15) is 4.39 Å². The van der Waals surface area contributed by atoms with Gasteiger partial charge in [-0.2, -0.15) is 11.8 Å². The topological polar surface area (TPSA) is 24.9 Å². The fourth-order valence-electron chi connectivity index (χ4n) is 0.816. The molecule has 5 heteroatoms. The summed E-state index contributed by atoms with van der Waals surface area (Å²) in [7, 11) is 0. The zero-order chi connectivity index (χ0) is 9.68. The highest BCUT2D eigenvalue weighted by Crippen LogP contribution is 2.15. The maximum atomic E-state index is 13.1. The molecule has 72 valence electrons. The summed E-state index contributed by atoms with van der Waals surface area (Å²) in [6, 6.07) is 1.40. The minimum atomic E-state index is -0.324. The highest BCUT2D eigenvalue weighted by Gasteiger charge is 2.02. The number of nitrogens with one attached hydrogen (secondary N) is 1. The predicted octanol–water partition coefficient (Wildman–Crippen LogP) is 2.76. The quantitative estimate of drug-likeness (QED) is 0.847. The monoisotopic (exact) mass is 264 g/mol. The van der Waals surface area contributed by atoms with Crippen LogP contribution in [-0.4, -0.2) is 23.5 Å². The van der Waals surface area contributed by atoms with E-state index in [1.165, 1.54) is 6.07 Å². The minimum absolute atomic E-state index is 0.317. The maximum absolute atomic E-state index is 13.1. The first-order chi connectivity index (χ1) is 6.24. The summed E-state index contributed by atoms with van der Waals surface area (Å²) >= 11 is 4.85. The van der Waals surface area contributed by atoms with Gasteiger partial charge >= 0.3 is 0 Å². The average molecular weight is 265 g/mol. The normalized spacial score (nSPS) is 10.1. The zero-order valence-electron chi connectivity index (χ0n) is 7.18. The molecule has 0 atom stereocenters.